The largest absolute Gasteiger partial charge is 0.391 e. The van der Waals surface area contributed by atoms with Crippen molar-refractivity contribution in [1.29, 1.82) is 0 Å². The quantitative estimate of drug-likeness (QED) is 0.627. The first-order valence-corrected chi connectivity index (χ1v) is 5.66. The molecule has 0 aliphatic heterocycles. The van der Waals surface area contributed by atoms with E-state index in [1.54, 1.807) is 0 Å². The van der Waals surface area contributed by atoms with E-state index in [4.69, 9.17) is 0 Å². The second-order valence-electron chi connectivity index (χ2n) is 5.22. The molecule has 1 N–H and O–H groups in total. The summed E-state index contributed by atoms with van der Waals surface area (Å²) >= 11 is 4.51. The van der Waals surface area contributed by atoms with Gasteiger partial charge in [-0.25, -0.2) is 0 Å². The summed E-state index contributed by atoms with van der Waals surface area (Å²) in [7, 11) is 0. The third kappa shape index (κ3) is 1.25. The van der Waals surface area contributed by atoms with Crippen LogP contribution < -0.4 is 0 Å². The van der Waals surface area contributed by atoms with E-state index in [9.17, 15) is 5.11 Å². The van der Waals surface area contributed by atoms with Gasteiger partial charge < -0.3 is 5.11 Å². The molecule has 1 aliphatic carbocycles. The van der Waals surface area contributed by atoms with E-state index in [1.165, 1.54) is 0 Å². The first kappa shape index (κ1) is 11.4. The van der Waals surface area contributed by atoms with Gasteiger partial charge in [0.2, 0.25) is 0 Å². The predicted molar refractivity (Wildman–Crippen MR) is 60.1 cm³/mol. The SMILES string of the molecule is CC[C@@]1(C)[C@@H](O)[C@@H](S)[C@@H](C)C1(C)C. The van der Waals surface area contributed by atoms with Gasteiger partial charge in [0.15, 0.2) is 0 Å². The summed E-state index contributed by atoms with van der Waals surface area (Å²) in [6, 6.07) is 0. The van der Waals surface area contributed by atoms with Crippen LogP contribution in [-0.4, -0.2) is 16.5 Å². The van der Waals surface area contributed by atoms with Gasteiger partial charge in [-0.05, 0) is 23.2 Å². The van der Waals surface area contributed by atoms with E-state index in [1.807, 2.05) is 0 Å². The fraction of sp³-hybridized carbons (Fsp3) is 1.00. The van der Waals surface area contributed by atoms with Crippen molar-refractivity contribution in [2.24, 2.45) is 16.7 Å². The number of aliphatic hydroxyl groups excluding tert-OH is 1. The number of aliphatic hydroxyl groups is 1. The fourth-order valence-electron chi connectivity index (χ4n) is 2.64. The van der Waals surface area contributed by atoms with Crippen LogP contribution in [0.1, 0.15) is 41.0 Å². The van der Waals surface area contributed by atoms with Crippen LogP contribution in [-0.2, 0) is 0 Å². The zero-order valence-electron chi connectivity index (χ0n) is 9.33. The van der Waals surface area contributed by atoms with Crippen LogP contribution in [0.15, 0.2) is 0 Å². The normalized spacial score (nSPS) is 49.6. The molecule has 0 amide bonds. The highest BCUT2D eigenvalue weighted by molar-refractivity contribution is 7.81. The van der Waals surface area contributed by atoms with Crippen LogP contribution in [0.25, 0.3) is 0 Å². The van der Waals surface area contributed by atoms with Gasteiger partial charge >= 0.3 is 0 Å². The first-order chi connectivity index (χ1) is 5.79. The van der Waals surface area contributed by atoms with E-state index in [-0.39, 0.29) is 22.2 Å². The van der Waals surface area contributed by atoms with Crippen molar-refractivity contribution >= 4 is 12.6 Å². The minimum atomic E-state index is -0.272. The average Bonchev–Trinajstić information content (AvgIpc) is 2.20. The highest BCUT2D eigenvalue weighted by Crippen LogP contribution is 2.58. The lowest BCUT2D eigenvalue weighted by Gasteiger charge is -2.41. The van der Waals surface area contributed by atoms with Crippen molar-refractivity contribution in [1.82, 2.24) is 0 Å². The molecule has 1 saturated carbocycles. The van der Waals surface area contributed by atoms with Crippen LogP contribution in [0, 0.1) is 16.7 Å². The van der Waals surface area contributed by atoms with Crippen LogP contribution >= 0.6 is 12.6 Å². The Morgan fingerprint density at radius 3 is 1.92 bits per heavy atom. The molecule has 4 atom stereocenters. The molecule has 0 aromatic heterocycles. The van der Waals surface area contributed by atoms with Gasteiger partial charge in [-0.2, -0.15) is 12.6 Å². The summed E-state index contributed by atoms with van der Waals surface area (Å²) in [5.74, 6) is 0.468. The van der Waals surface area contributed by atoms with Crippen LogP contribution in [0.2, 0.25) is 0 Å². The van der Waals surface area contributed by atoms with Gasteiger partial charge in [0.1, 0.15) is 0 Å². The molecular formula is C11H22OS. The summed E-state index contributed by atoms with van der Waals surface area (Å²) < 4.78 is 0. The Balaban J connectivity index is 3.09. The summed E-state index contributed by atoms with van der Waals surface area (Å²) in [6.07, 6.45) is 0.744. The van der Waals surface area contributed by atoms with Crippen LogP contribution in [0.4, 0.5) is 0 Å². The number of hydrogen-bond donors (Lipinski definition) is 2. The molecule has 2 heteroatoms. The highest BCUT2D eigenvalue weighted by atomic mass is 32.1. The van der Waals surface area contributed by atoms with E-state index in [0.29, 0.717) is 5.92 Å². The zero-order chi connectivity index (χ0) is 10.4. The Morgan fingerprint density at radius 1 is 1.31 bits per heavy atom. The van der Waals surface area contributed by atoms with E-state index in [2.05, 4.69) is 47.2 Å². The van der Waals surface area contributed by atoms with Gasteiger partial charge in [0.25, 0.3) is 0 Å². The molecule has 1 fully saturated rings. The third-order valence-corrected chi connectivity index (χ3v) is 5.56. The third-order valence-electron chi connectivity index (χ3n) is 4.83. The first-order valence-electron chi connectivity index (χ1n) is 5.15. The summed E-state index contributed by atoms with van der Waals surface area (Å²) in [6.45, 7) is 11.0. The number of rotatable bonds is 1. The maximum absolute atomic E-state index is 10.1. The molecule has 1 nitrogen and oxygen atoms in total. The van der Waals surface area contributed by atoms with Gasteiger partial charge in [0.05, 0.1) is 6.10 Å². The lowest BCUT2D eigenvalue weighted by molar-refractivity contribution is -0.00361. The molecule has 0 radical (unpaired) electrons. The summed E-state index contributed by atoms with van der Waals surface area (Å²) in [5.41, 5.74) is 0.187. The lowest BCUT2D eigenvalue weighted by atomic mass is 9.64. The molecular weight excluding hydrogens is 180 g/mol. The molecule has 0 aromatic rings. The molecule has 0 unspecified atom stereocenters. The molecule has 0 saturated heterocycles. The number of hydrogen-bond acceptors (Lipinski definition) is 2. The van der Waals surface area contributed by atoms with Crippen molar-refractivity contribution in [2.75, 3.05) is 0 Å². The Kier molecular flexibility index (Phi) is 2.77. The van der Waals surface area contributed by atoms with E-state index < -0.39 is 0 Å². The topological polar surface area (TPSA) is 20.2 Å². The lowest BCUT2D eigenvalue weighted by Crippen LogP contribution is -2.39. The minimum Gasteiger partial charge on any atom is -0.391 e. The standard InChI is InChI=1S/C11H22OS/c1-6-11(5)9(12)8(13)7(2)10(11,3)4/h7-9,12-13H,6H2,1-5H3/t7-,8+,9+,11+/m1/s1. The minimum absolute atomic E-state index is 0.0127. The summed E-state index contributed by atoms with van der Waals surface area (Å²) in [4.78, 5) is 0. The van der Waals surface area contributed by atoms with Gasteiger partial charge in [-0.3, -0.25) is 0 Å². The maximum Gasteiger partial charge on any atom is 0.0717 e. The van der Waals surface area contributed by atoms with Gasteiger partial charge in [-0.1, -0.05) is 34.6 Å². The Hall–Kier alpha value is 0.310. The molecule has 0 aromatic carbocycles. The van der Waals surface area contributed by atoms with Crippen LogP contribution in [0.5, 0.6) is 0 Å². The molecule has 0 spiro atoms. The van der Waals surface area contributed by atoms with E-state index >= 15 is 0 Å². The Morgan fingerprint density at radius 2 is 1.77 bits per heavy atom. The van der Waals surface area contributed by atoms with E-state index in [0.717, 1.165) is 6.42 Å². The van der Waals surface area contributed by atoms with Crippen molar-refractivity contribution < 1.29 is 5.11 Å². The highest BCUT2D eigenvalue weighted by Gasteiger charge is 2.58. The molecule has 13 heavy (non-hydrogen) atoms. The average molecular weight is 202 g/mol. The van der Waals surface area contributed by atoms with Gasteiger partial charge in [-0.15, -0.1) is 0 Å². The zero-order valence-corrected chi connectivity index (χ0v) is 10.2. The van der Waals surface area contributed by atoms with Crippen molar-refractivity contribution in [2.45, 2.75) is 52.4 Å². The smallest absolute Gasteiger partial charge is 0.0717 e. The molecule has 1 aliphatic rings. The second-order valence-corrected chi connectivity index (χ2v) is 5.81. The number of thiol groups is 1. The molecule has 0 bridgehead atoms. The second kappa shape index (κ2) is 3.16. The van der Waals surface area contributed by atoms with Gasteiger partial charge in [0, 0.05) is 5.25 Å². The Labute approximate surface area is 87.3 Å². The fourth-order valence-corrected chi connectivity index (χ4v) is 3.34. The molecule has 0 heterocycles. The molecule has 78 valence electrons. The van der Waals surface area contributed by atoms with Crippen molar-refractivity contribution in [3.8, 4) is 0 Å². The summed E-state index contributed by atoms with van der Waals surface area (Å²) in [5, 5.41) is 10.3. The Bertz CT molecular complexity index is 202. The monoisotopic (exact) mass is 202 g/mol. The van der Waals surface area contributed by atoms with Crippen molar-refractivity contribution in [3.05, 3.63) is 0 Å². The van der Waals surface area contributed by atoms with Crippen LogP contribution in [0.3, 0.4) is 0 Å². The van der Waals surface area contributed by atoms with Crippen molar-refractivity contribution in [3.63, 3.8) is 0 Å². The molecule has 1 rings (SSSR count). The maximum atomic E-state index is 10.1. The predicted octanol–water partition coefficient (Wildman–Crippen LogP) is 2.74.